The Morgan fingerprint density at radius 2 is 1.86 bits per heavy atom. The van der Waals surface area contributed by atoms with Crippen LogP contribution in [0.3, 0.4) is 0 Å². The number of fused-ring (bicyclic) bond motifs is 1. The lowest BCUT2D eigenvalue weighted by Crippen LogP contribution is -2.11. The minimum atomic E-state index is -4.72. The summed E-state index contributed by atoms with van der Waals surface area (Å²) in [7, 11) is 1.51. The summed E-state index contributed by atoms with van der Waals surface area (Å²) in [5.41, 5.74) is 0.670. The molecule has 0 aliphatic carbocycles. The molecule has 0 spiro atoms. The molecule has 0 unspecified atom stereocenters. The molecule has 0 aliphatic rings. The molecule has 0 saturated carbocycles. The molecule has 0 bridgehead atoms. The molecular weight excluding hydrogens is 580 g/mol. The Morgan fingerprint density at radius 3 is 2.57 bits per heavy atom. The highest BCUT2D eigenvalue weighted by Crippen LogP contribution is 2.38. The zero-order valence-electron chi connectivity index (χ0n) is 23.2. The Balaban J connectivity index is 1.45. The Hall–Kier alpha value is -5.28. The molecule has 0 aliphatic heterocycles. The molecule has 0 fully saturated rings. The van der Waals surface area contributed by atoms with Crippen LogP contribution in [0, 0.1) is 17.1 Å². The number of nitriles is 1. The second-order valence-corrected chi connectivity index (χ2v) is 9.80. The third-order valence-electron chi connectivity index (χ3n) is 6.90. The summed E-state index contributed by atoms with van der Waals surface area (Å²) in [5.74, 6) is -1.31. The summed E-state index contributed by atoms with van der Waals surface area (Å²) in [5, 5.41) is 18.3. The first-order valence-electron chi connectivity index (χ1n) is 13.3. The SMILES string of the molecule is COCCn1c(Cc2ccc(-c3cccc(OCc4ccc(C#N)cc4F)n3)c(C(F)(F)F)c2)nc2ccc(C(=O)O)cc21. The van der Waals surface area contributed by atoms with Gasteiger partial charge < -0.3 is 19.1 Å². The third kappa shape index (κ3) is 6.53. The maximum atomic E-state index is 14.3. The van der Waals surface area contributed by atoms with Gasteiger partial charge in [0.2, 0.25) is 5.88 Å². The van der Waals surface area contributed by atoms with Crippen molar-refractivity contribution in [3.63, 3.8) is 0 Å². The second kappa shape index (κ2) is 12.5. The van der Waals surface area contributed by atoms with Crippen LogP contribution >= 0.6 is 0 Å². The molecule has 8 nitrogen and oxygen atoms in total. The fourth-order valence-corrected chi connectivity index (χ4v) is 4.75. The average molecular weight is 605 g/mol. The Bertz CT molecular complexity index is 1900. The number of halogens is 4. The van der Waals surface area contributed by atoms with Gasteiger partial charge in [0.15, 0.2) is 0 Å². The van der Waals surface area contributed by atoms with Crippen molar-refractivity contribution in [3.05, 3.63) is 112 Å². The molecular formula is C32H24F4N4O4. The Labute approximate surface area is 248 Å². The van der Waals surface area contributed by atoms with E-state index in [0.717, 1.165) is 12.1 Å². The lowest BCUT2D eigenvalue weighted by Gasteiger charge is -2.16. The van der Waals surface area contributed by atoms with Crippen LogP contribution in [0.5, 0.6) is 5.88 Å². The van der Waals surface area contributed by atoms with Crippen molar-refractivity contribution < 1.29 is 36.9 Å². The summed E-state index contributed by atoms with van der Waals surface area (Å²) in [6.45, 7) is 0.361. The highest BCUT2D eigenvalue weighted by atomic mass is 19.4. The number of alkyl halides is 3. The van der Waals surface area contributed by atoms with E-state index in [0.29, 0.717) is 29.0 Å². The fraction of sp³-hybridized carbons (Fsp3) is 0.188. The highest BCUT2D eigenvalue weighted by molar-refractivity contribution is 5.92. The number of carboxylic acid groups (broad SMARTS) is 1. The van der Waals surface area contributed by atoms with E-state index in [1.165, 1.54) is 55.6 Å². The minimum absolute atomic E-state index is 0.00366. The van der Waals surface area contributed by atoms with Gasteiger partial charge in [-0.15, -0.1) is 0 Å². The number of rotatable bonds is 10. The van der Waals surface area contributed by atoms with E-state index >= 15 is 0 Å². The van der Waals surface area contributed by atoms with Crippen molar-refractivity contribution in [2.75, 3.05) is 13.7 Å². The fourth-order valence-electron chi connectivity index (χ4n) is 4.75. The summed E-state index contributed by atoms with van der Waals surface area (Å²) < 4.78 is 69.8. The van der Waals surface area contributed by atoms with E-state index in [9.17, 15) is 27.5 Å². The molecule has 12 heteroatoms. The molecule has 0 radical (unpaired) electrons. The number of hydrogen-bond acceptors (Lipinski definition) is 6. The van der Waals surface area contributed by atoms with Gasteiger partial charge in [-0.1, -0.05) is 24.3 Å². The Kier molecular flexibility index (Phi) is 8.59. The average Bonchev–Trinajstić information content (AvgIpc) is 3.34. The van der Waals surface area contributed by atoms with Gasteiger partial charge in [0, 0.05) is 37.3 Å². The molecule has 224 valence electrons. The molecule has 5 aromatic rings. The molecule has 44 heavy (non-hydrogen) atoms. The number of aromatic carboxylic acids is 1. The molecule has 0 saturated heterocycles. The molecule has 0 atom stereocenters. The van der Waals surface area contributed by atoms with Crippen molar-refractivity contribution in [2.24, 2.45) is 0 Å². The van der Waals surface area contributed by atoms with Crippen LogP contribution in [0.4, 0.5) is 17.6 Å². The number of aromatic nitrogens is 3. The number of nitrogens with zero attached hydrogens (tertiary/aromatic N) is 4. The van der Waals surface area contributed by atoms with Crippen LogP contribution in [0.15, 0.2) is 72.8 Å². The van der Waals surface area contributed by atoms with E-state index < -0.39 is 23.5 Å². The van der Waals surface area contributed by atoms with Crippen molar-refractivity contribution >= 4 is 17.0 Å². The zero-order chi connectivity index (χ0) is 31.4. The quantitative estimate of drug-likeness (QED) is 0.178. The predicted molar refractivity (Wildman–Crippen MR) is 151 cm³/mol. The van der Waals surface area contributed by atoms with Crippen LogP contribution in [0.25, 0.3) is 22.3 Å². The number of carboxylic acids is 1. The van der Waals surface area contributed by atoms with Gasteiger partial charge in [-0.3, -0.25) is 0 Å². The van der Waals surface area contributed by atoms with Gasteiger partial charge in [-0.05, 0) is 48.0 Å². The van der Waals surface area contributed by atoms with E-state index in [1.807, 2.05) is 6.07 Å². The molecule has 2 aromatic heterocycles. The predicted octanol–water partition coefficient (Wildman–Crippen LogP) is 6.64. The summed E-state index contributed by atoms with van der Waals surface area (Å²) in [6, 6.07) is 18.5. The standard InChI is InChI=1S/C32H24F4N4O4/c1-43-12-11-40-28-16-21(31(41)42)8-10-27(28)38-29(40)15-19-6-9-23(24(13-19)32(34,35)36)26-3-2-4-30(39-26)44-18-22-7-5-20(17-37)14-25(22)33/h2-10,13-14,16H,11-12,15,18H2,1H3,(H,41,42). The van der Waals surface area contributed by atoms with Crippen molar-refractivity contribution in [1.82, 2.24) is 14.5 Å². The number of ether oxygens (including phenoxy) is 2. The molecule has 3 aromatic carbocycles. The van der Waals surface area contributed by atoms with Gasteiger partial charge in [0.1, 0.15) is 18.2 Å². The summed E-state index contributed by atoms with van der Waals surface area (Å²) >= 11 is 0. The number of imidazole rings is 1. The van der Waals surface area contributed by atoms with E-state index in [4.69, 9.17) is 14.7 Å². The van der Waals surface area contributed by atoms with Crippen LogP contribution in [-0.2, 0) is 30.5 Å². The second-order valence-electron chi connectivity index (χ2n) is 9.80. The number of methoxy groups -OCH3 is 1. The lowest BCUT2D eigenvalue weighted by atomic mass is 9.99. The van der Waals surface area contributed by atoms with E-state index in [-0.39, 0.29) is 53.5 Å². The molecule has 2 heterocycles. The number of pyridine rings is 1. The Morgan fingerprint density at radius 1 is 1.05 bits per heavy atom. The summed E-state index contributed by atoms with van der Waals surface area (Å²) in [4.78, 5) is 20.3. The monoisotopic (exact) mass is 604 g/mol. The van der Waals surface area contributed by atoms with Gasteiger partial charge in [-0.25, -0.2) is 19.2 Å². The van der Waals surface area contributed by atoms with Crippen LogP contribution in [0.2, 0.25) is 0 Å². The normalized spacial score (nSPS) is 11.5. The lowest BCUT2D eigenvalue weighted by molar-refractivity contribution is -0.137. The first-order chi connectivity index (χ1) is 21.1. The summed E-state index contributed by atoms with van der Waals surface area (Å²) in [6.07, 6.45) is -4.68. The van der Waals surface area contributed by atoms with Crippen LogP contribution in [-0.4, -0.2) is 39.3 Å². The number of hydrogen-bond donors (Lipinski definition) is 1. The van der Waals surface area contributed by atoms with Gasteiger partial charge in [-0.2, -0.15) is 18.4 Å². The van der Waals surface area contributed by atoms with Crippen LogP contribution < -0.4 is 4.74 Å². The van der Waals surface area contributed by atoms with E-state index in [1.54, 1.807) is 16.7 Å². The van der Waals surface area contributed by atoms with Crippen molar-refractivity contribution in [1.29, 1.82) is 5.26 Å². The molecule has 1 N–H and O–H groups in total. The zero-order valence-corrected chi connectivity index (χ0v) is 23.2. The maximum absolute atomic E-state index is 14.3. The molecule has 0 amide bonds. The third-order valence-corrected chi connectivity index (χ3v) is 6.90. The van der Waals surface area contributed by atoms with Crippen LogP contribution in [0.1, 0.15) is 38.4 Å². The first kappa shape index (κ1) is 30.2. The largest absolute Gasteiger partial charge is 0.478 e. The number of benzene rings is 3. The van der Waals surface area contributed by atoms with Crippen molar-refractivity contribution in [2.45, 2.75) is 25.7 Å². The maximum Gasteiger partial charge on any atom is 0.417 e. The highest BCUT2D eigenvalue weighted by Gasteiger charge is 2.34. The van der Waals surface area contributed by atoms with Gasteiger partial charge in [0.05, 0.1) is 46.1 Å². The van der Waals surface area contributed by atoms with Gasteiger partial charge in [0.25, 0.3) is 0 Å². The van der Waals surface area contributed by atoms with Crippen molar-refractivity contribution in [3.8, 4) is 23.2 Å². The van der Waals surface area contributed by atoms with Gasteiger partial charge >= 0.3 is 12.1 Å². The topological polar surface area (TPSA) is 110 Å². The number of carbonyl (C=O) groups is 1. The smallest absolute Gasteiger partial charge is 0.417 e. The van der Waals surface area contributed by atoms with E-state index in [2.05, 4.69) is 9.97 Å². The molecule has 5 rings (SSSR count). The minimum Gasteiger partial charge on any atom is -0.478 e. The first-order valence-corrected chi connectivity index (χ1v) is 13.3.